The van der Waals surface area contributed by atoms with Crippen LogP contribution in [0, 0.1) is 0 Å². The Balaban J connectivity index is 2.12. The van der Waals surface area contributed by atoms with Gasteiger partial charge in [0.1, 0.15) is 23.9 Å². The van der Waals surface area contributed by atoms with Crippen LogP contribution < -0.4 is 21.7 Å². The van der Waals surface area contributed by atoms with Crippen LogP contribution in [0.3, 0.4) is 0 Å². The Kier molecular flexibility index (Phi) is 11.9. The van der Waals surface area contributed by atoms with Crippen molar-refractivity contribution in [3.63, 3.8) is 0 Å². The summed E-state index contributed by atoms with van der Waals surface area (Å²) in [5, 5.41) is 35.2. The number of rotatable bonds is 15. The number of imidazole rings is 1. The van der Waals surface area contributed by atoms with Gasteiger partial charge in [0.15, 0.2) is 0 Å². The normalized spacial score (nSPS) is 14.1. The van der Waals surface area contributed by atoms with Crippen LogP contribution in [0.4, 0.5) is 0 Å². The van der Waals surface area contributed by atoms with Gasteiger partial charge in [0, 0.05) is 18.3 Å². The summed E-state index contributed by atoms with van der Waals surface area (Å²) in [5.74, 6) is -2.89. The number of thioether (sulfide) groups is 1. The van der Waals surface area contributed by atoms with Gasteiger partial charge in [-0.05, 0) is 42.5 Å². The molecule has 1 aromatic carbocycles. The number of carboxylic acid groups (broad SMARTS) is 1. The molecule has 9 N–H and O–H groups in total. The number of aliphatic hydroxyl groups excluding tert-OH is 1. The molecule has 0 radical (unpaired) electrons. The summed E-state index contributed by atoms with van der Waals surface area (Å²) in [7, 11) is 0. The number of aromatic nitrogens is 2. The Morgan fingerprint density at radius 1 is 1.00 bits per heavy atom. The molecular formula is C23H32N6O7S. The third kappa shape index (κ3) is 9.74. The largest absolute Gasteiger partial charge is 0.508 e. The van der Waals surface area contributed by atoms with Crippen molar-refractivity contribution < 1.29 is 34.5 Å². The summed E-state index contributed by atoms with van der Waals surface area (Å²) < 4.78 is 0. The number of nitrogens with one attached hydrogen (secondary N) is 4. The number of aromatic amines is 1. The first-order valence-electron chi connectivity index (χ1n) is 11.4. The van der Waals surface area contributed by atoms with Gasteiger partial charge in [0.2, 0.25) is 17.7 Å². The molecule has 0 aliphatic carbocycles. The maximum absolute atomic E-state index is 13.2. The predicted octanol–water partition coefficient (Wildman–Crippen LogP) is -1.49. The maximum atomic E-state index is 13.2. The molecule has 37 heavy (non-hydrogen) atoms. The van der Waals surface area contributed by atoms with Crippen molar-refractivity contribution in [3.05, 3.63) is 48.0 Å². The van der Waals surface area contributed by atoms with Crippen molar-refractivity contribution in [2.24, 2.45) is 5.73 Å². The molecular weight excluding hydrogens is 504 g/mol. The van der Waals surface area contributed by atoms with Crippen LogP contribution in [0.25, 0.3) is 0 Å². The van der Waals surface area contributed by atoms with Crippen molar-refractivity contribution in [1.29, 1.82) is 0 Å². The van der Waals surface area contributed by atoms with Gasteiger partial charge in [-0.1, -0.05) is 12.1 Å². The zero-order valence-electron chi connectivity index (χ0n) is 20.2. The van der Waals surface area contributed by atoms with E-state index in [1.54, 1.807) is 12.1 Å². The highest BCUT2D eigenvalue weighted by Crippen LogP contribution is 2.11. The summed E-state index contributed by atoms with van der Waals surface area (Å²) in [6.07, 6.45) is 5.05. The SMILES string of the molecule is CSCCC(NC(=O)C(N)Cc1ccc(O)cc1)C(=O)NC(Cc1cnc[nH]1)C(=O)NC(CO)C(=O)O. The average molecular weight is 537 g/mol. The van der Waals surface area contributed by atoms with Gasteiger partial charge >= 0.3 is 5.97 Å². The van der Waals surface area contributed by atoms with Crippen LogP contribution >= 0.6 is 11.8 Å². The summed E-state index contributed by atoms with van der Waals surface area (Å²) >= 11 is 1.46. The first-order valence-corrected chi connectivity index (χ1v) is 12.8. The number of H-pyrrole nitrogens is 1. The summed E-state index contributed by atoms with van der Waals surface area (Å²) in [5.41, 5.74) is 7.25. The quantitative estimate of drug-likeness (QED) is 0.132. The number of aliphatic hydroxyl groups is 1. The van der Waals surface area contributed by atoms with Gasteiger partial charge in [-0.25, -0.2) is 9.78 Å². The van der Waals surface area contributed by atoms with E-state index in [-0.39, 0.29) is 25.0 Å². The van der Waals surface area contributed by atoms with Crippen LogP contribution in [-0.4, -0.2) is 91.8 Å². The molecule has 0 spiro atoms. The molecule has 0 aliphatic heterocycles. The van der Waals surface area contributed by atoms with Crippen LogP contribution in [0.2, 0.25) is 0 Å². The number of phenolic OH excluding ortho intramolecular Hbond substituents is 1. The molecule has 0 aliphatic rings. The van der Waals surface area contributed by atoms with Crippen molar-refractivity contribution >= 4 is 35.5 Å². The lowest BCUT2D eigenvalue weighted by atomic mass is 10.0. The average Bonchev–Trinajstić information content (AvgIpc) is 3.38. The molecule has 202 valence electrons. The van der Waals surface area contributed by atoms with E-state index in [4.69, 9.17) is 10.8 Å². The molecule has 0 saturated carbocycles. The molecule has 2 aromatic rings. The number of hydrogen-bond acceptors (Lipinski definition) is 9. The Bertz CT molecular complexity index is 1030. The number of carbonyl (C=O) groups excluding carboxylic acids is 3. The number of nitrogens with two attached hydrogens (primary N) is 1. The number of aromatic hydroxyl groups is 1. The van der Waals surface area contributed by atoms with Crippen molar-refractivity contribution in [3.8, 4) is 5.75 Å². The summed E-state index contributed by atoms with van der Waals surface area (Å²) in [4.78, 5) is 56.7. The molecule has 4 atom stereocenters. The van der Waals surface area contributed by atoms with Gasteiger partial charge in [0.25, 0.3) is 0 Å². The number of carbonyl (C=O) groups is 4. The van der Waals surface area contributed by atoms with Crippen LogP contribution in [0.1, 0.15) is 17.7 Å². The Labute approximate surface area is 217 Å². The summed E-state index contributed by atoms with van der Waals surface area (Å²) in [6.45, 7) is -0.836. The number of aliphatic carboxylic acids is 1. The minimum absolute atomic E-state index is 0.0428. The minimum atomic E-state index is -1.56. The molecule has 1 heterocycles. The van der Waals surface area contributed by atoms with Crippen molar-refractivity contribution in [1.82, 2.24) is 25.9 Å². The minimum Gasteiger partial charge on any atom is -0.508 e. The van der Waals surface area contributed by atoms with Gasteiger partial charge in [-0.3, -0.25) is 14.4 Å². The highest BCUT2D eigenvalue weighted by molar-refractivity contribution is 7.98. The predicted molar refractivity (Wildman–Crippen MR) is 136 cm³/mol. The molecule has 0 saturated heterocycles. The third-order valence-corrected chi connectivity index (χ3v) is 6.03. The van der Waals surface area contributed by atoms with E-state index >= 15 is 0 Å². The lowest BCUT2D eigenvalue weighted by molar-refractivity contribution is -0.143. The highest BCUT2D eigenvalue weighted by atomic mass is 32.2. The number of nitrogens with zero attached hydrogens (tertiary/aromatic N) is 1. The fourth-order valence-electron chi connectivity index (χ4n) is 3.32. The van der Waals surface area contributed by atoms with E-state index in [9.17, 15) is 29.4 Å². The molecule has 0 bridgehead atoms. The van der Waals surface area contributed by atoms with E-state index in [1.807, 2.05) is 6.26 Å². The third-order valence-electron chi connectivity index (χ3n) is 5.38. The van der Waals surface area contributed by atoms with E-state index in [1.165, 1.54) is 36.4 Å². The van der Waals surface area contributed by atoms with Crippen molar-refractivity contribution in [2.45, 2.75) is 43.4 Å². The zero-order chi connectivity index (χ0) is 27.4. The lowest BCUT2D eigenvalue weighted by Gasteiger charge is -2.25. The van der Waals surface area contributed by atoms with Crippen molar-refractivity contribution in [2.75, 3.05) is 18.6 Å². The molecule has 14 heteroatoms. The van der Waals surface area contributed by atoms with Gasteiger partial charge < -0.3 is 42.0 Å². The van der Waals surface area contributed by atoms with Gasteiger partial charge in [-0.15, -0.1) is 0 Å². The standard InChI is InChI=1S/C23H32N6O7S/c1-37-7-6-17(27-20(32)16(24)8-13-2-4-15(31)5-3-13)21(33)28-18(9-14-10-25-12-26-14)22(34)29-19(11-30)23(35)36/h2-5,10,12,16-19,30-31H,6-9,11,24H2,1H3,(H,25,26)(H,27,32)(H,28,33)(H,29,34)(H,35,36). The Morgan fingerprint density at radius 2 is 1.62 bits per heavy atom. The molecule has 2 rings (SSSR count). The Hall–Kier alpha value is -3.62. The fourth-order valence-corrected chi connectivity index (χ4v) is 3.79. The number of phenols is 1. The number of benzene rings is 1. The van der Waals surface area contributed by atoms with E-state index in [0.29, 0.717) is 11.4 Å². The van der Waals surface area contributed by atoms with Gasteiger partial charge in [-0.2, -0.15) is 11.8 Å². The number of carboxylic acids is 1. The molecule has 3 amide bonds. The smallest absolute Gasteiger partial charge is 0.328 e. The second-order valence-electron chi connectivity index (χ2n) is 8.24. The molecule has 0 fully saturated rings. The topological polar surface area (TPSA) is 220 Å². The number of amides is 3. The van der Waals surface area contributed by atoms with E-state index in [0.717, 1.165) is 5.56 Å². The zero-order valence-corrected chi connectivity index (χ0v) is 21.0. The van der Waals surface area contributed by atoms with Gasteiger partial charge in [0.05, 0.1) is 19.0 Å². The number of hydrogen-bond donors (Lipinski definition) is 8. The first-order chi connectivity index (χ1) is 17.6. The van der Waals surface area contributed by atoms with Crippen LogP contribution in [-0.2, 0) is 32.0 Å². The molecule has 13 nitrogen and oxygen atoms in total. The highest BCUT2D eigenvalue weighted by Gasteiger charge is 2.30. The fraction of sp³-hybridized carbons (Fsp3) is 0.435. The van der Waals surface area contributed by atoms with Crippen LogP contribution in [0.15, 0.2) is 36.8 Å². The Morgan fingerprint density at radius 3 is 2.19 bits per heavy atom. The first kappa shape index (κ1) is 29.6. The summed E-state index contributed by atoms with van der Waals surface area (Å²) in [6, 6.07) is 1.46. The monoisotopic (exact) mass is 536 g/mol. The lowest BCUT2D eigenvalue weighted by Crippen LogP contribution is -2.58. The second-order valence-corrected chi connectivity index (χ2v) is 9.23. The van der Waals surface area contributed by atoms with Crippen LogP contribution in [0.5, 0.6) is 5.75 Å². The second kappa shape index (κ2) is 14.8. The maximum Gasteiger partial charge on any atom is 0.328 e. The molecule has 4 unspecified atom stereocenters. The molecule has 1 aromatic heterocycles. The van der Waals surface area contributed by atoms with E-state index in [2.05, 4.69) is 25.9 Å². The van der Waals surface area contributed by atoms with E-state index < -0.39 is 54.5 Å².